The maximum atomic E-state index is 13.3. The molecule has 1 saturated heterocycles. The van der Waals surface area contributed by atoms with Crippen LogP contribution in [0.25, 0.3) is 0 Å². The van der Waals surface area contributed by atoms with E-state index in [2.05, 4.69) is 6.07 Å². The minimum atomic E-state index is -0.466. The second-order valence-electron chi connectivity index (χ2n) is 9.45. The first-order chi connectivity index (χ1) is 17.7. The number of thioether (sulfide) groups is 1. The molecule has 0 N–H and O–H groups in total. The van der Waals surface area contributed by atoms with Crippen LogP contribution in [0.4, 0.5) is 0 Å². The summed E-state index contributed by atoms with van der Waals surface area (Å²) in [6.45, 7) is 9.98. The van der Waals surface area contributed by atoms with Gasteiger partial charge in [0.15, 0.2) is 5.17 Å². The molecular formula is C27H34N4O5S. The number of esters is 1. The van der Waals surface area contributed by atoms with Crippen molar-refractivity contribution in [1.29, 1.82) is 0 Å². The van der Waals surface area contributed by atoms with Gasteiger partial charge in [-0.2, -0.15) is 0 Å². The Morgan fingerprint density at radius 3 is 2.41 bits per heavy atom. The van der Waals surface area contributed by atoms with Gasteiger partial charge < -0.3 is 24.2 Å². The number of carbonyl (C=O) groups excluding carboxylic acids is 3. The zero-order chi connectivity index (χ0) is 26.7. The summed E-state index contributed by atoms with van der Waals surface area (Å²) in [6.07, 6.45) is 0.179. The van der Waals surface area contributed by atoms with Gasteiger partial charge in [-0.25, -0.2) is 9.79 Å². The molecule has 1 unspecified atom stereocenters. The largest absolute Gasteiger partial charge is 0.460 e. The minimum Gasteiger partial charge on any atom is -0.460 e. The maximum absolute atomic E-state index is 13.3. The highest BCUT2D eigenvalue weighted by Gasteiger charge is 2.42. The third-order valence-electron chi connectivity index (χ3n) is 6.87. The number of amides is 2. The second-order valence-corrected chi connectivity index (χ2v) is 10.3. The molecule has 0 radical (unpaired) electrons. The topological polar surface area (TPSA) is 91.7 Å². The van der Waals surface area contributed by atoms with Gasteiger partial charge in [0, 0.05) is 45.9 Å². The Morgan fingerprint density at radius 2 is 1.76 bits per heavy atom. The van der Waals surface area contributed by atoms with Crippen LogP contribution in [0.5, 0.6) is 0 Å². The molecule has 0 aliphatic carbocycles. The van der Waals surface area contributed by atoms with Crippen LogP contribution in [0.2, 0.25) is 0 Å². The van der Waals surface area contributed by atoms with Gasteiger partial charge in [0.05, 0.1) is 30.3 Å². The number of methoxy groups -OCH3 is 1. The summed E-state index contributed by atoms with van der Waals surface area (Å²) in [7, 11) is 1.56. The number of aryl methyl sites for hydroxylation is 2. The predicted molar refractivity (Wildman–Crippen MR) is 143 cm³/mol. The molecule has 1 aromatic carbocycles. The molecule has 10 heteroatoms. The fourth-order valence-corrected chi connectivity index (χ4v) is 5.85. The van der Waals surface area contributed by atoms with E-state index >= 15 is 0 Å². The Morgan fingerprint density at radius 1 is 1.05 bits per heavy atom. The highest BCUT2D eigenvalue weighted by molar-refractivity contribution is 8.16. The maximum Gasteiger partial charge on any atom is 0.338 e. The standard InChI is InChI=1S/C27H34N4O5S/c1-17-6-7-22(18(2)14-17)25-24(26(34)36-13-12-35-5)19(3)28-27-31(25)21(16-37-27)15-23(33)30-10-8-29(9-11-30)20(4)32/h6-7,14,16,25H,8-13,15H2,1-5H3. The smallest absolute Gasteiger partial charge is 0.338 e. The molecule has 1 aromatic rings. The summed E-state index contributed by atoms with van der Waals surface area (Å²) in [5.41, 5.74) is 5.00. The van der Waals surface area contributed by atoms with Gasteiger partial charge in [-0.1, -0.05) is 35.5 Å². The zero-order valence-corrected chi connectivity index (χ0v) is 22.9. The van der Waals surface area contributed by atoms with Crippen LogP contribution in [0, 0.1) is 13.8 Å². The van der Waals surface area contributed by atoms with Crippen LogP contribution < -0.4 is 0 Å². The SMILES string of the molecule is COCCOC(=O)C1=C(C)N=C2SC=C(CC(=O)N3CCN(C(C)=O)CC3)N2C1c1ccc(C)cc1C. The van der Waals surface area contributed by atoms with Gasteiger partial charge in [-0.05, 0) is 37.3 Å². The molecule has 3 aliphatic heterocycles. The summed E-state index contributed by atoms with van der Waals surface area (Å²) in [4.78, 5) is 48.6. The van der Waals surface area contributed by atoms with E-state index in [1.165, 1.54) is 11.8 Å². The molecule has 0 bridgehead atoms. The summed E-state index contributed by atoms with van der Waals surface area (Å²) >= 11 is 1.46. The van der Waals surface area contributed by atoms with Crippen molar-refractivity contribution >= 4 is 34.7 Å². The molecule has 9 nitrogen and oxygen atoms in total. The minimum absolute atomic E-state index is 0.00817. The lowest BCUT2D eigenvalue weighted by atomic mass is 9.90. The lowest BCUT2D eigenvalue weighted by Crippen LogP contribution is -2.50. The van der Waals surface area contributed by atoms with E-state index in [9.17, 15) is 14.4 Å². The van der Waals surface area contributed by atoms with Crippen molar-refractivity contribution in [3.8, 4) is 0 Å². The second kappa shape index (κ2) is 11.5. The van der Waals surface area contributed by atoms with Crippen LogP contribution in [-0.2, 0) is 23.9 Å². The van der Waals surface area contributed by atoms with Gasteiger partial charge in [0.2, 0.25) is 11.8 Å². The van der Waals surface area contributed by atoms with Crippen LogP contribution in [0.3, 0.4) is 0 Å². The first-order valence-electron chi connectivity index (χ1n) is 12.4. The third-order valence-corrected chi connectivity index (χ3v) is 7.76. The van der Waals surface area contributed by atoms with Crippen molar-refractivity contribution in [3.63, 3.8) is 0 Å². The average Bonchev–Trinajstić information content (AvgIpc) is 3.25. The van der Waals surface area contributed by atoms with Crippen molar-refractivity contribution in [2.24, 2.45) is 4.99 Å². The molecule has 0 spiro atoms. The van der Waals surface area contributed by atoms with E-state index in [-0.39, 0.29) is 24.8 Å². The molecule has 3 aliphatic rings. The van der Waals surface area contributed by atoms with E-state index < -0.39 is 12.0 Å². The number of ether oxygens (including phenoxy) is 2. The van der Waals surface area contributed by atoms with E-state index in [0.29, 0.717) is 44.1 Å². The number of rotatable bonds is 7. The fraction of sp³-hybridized carbons (Fsp3) is 0.481. The Labute approximate surface area is 222 Å². The number of hydrogen-bond acceptors (Lipinski definition) is 8. The number of piperazine rings is 1. The number of aliphatic imine (C=N–C) groups is 1. The molecule has 0 aromatic heterocycles. The van der Waals surface area contributed by atoms with Crippen LogP contribution in [0.15, 0.2) is 45.6 Å². The quantitative estimate of drug-likeness (QED) is 0.398. The molecule has 4 rings (SSSR count). The molecule has 2 amide bonds. The number of carbonyl (C=O) groups is 3. The normalized spacial score (nSPS) is 19.5. The van der Waals surface area contributed by atoms with Gasteiger partial charge in [-0.3, -0.25) is 9.59 Å². The number of amidine groups is 1. The summed E-state index contributed by atoms with van der Waals surface area (Å²) in [6, 6.07) is 5.70. The Bertz CT molecular complexity index is 1180. The van der Waals surface area contributed by atoms with Crippen molar-refractivity contribution in [2.45, 2.75) is 40.2 Å². The molecule has 3 heterocycles. The number of fused-ring (bicyclic) bond motifs is 1. The van der Waals surface area contributed by atoms with E-state index in [1.807, 2.05) is 43.2 Å². The molecule has 1 atom stereocenters. The highest BCUT2D eigenvalue weighted by atomic mass is 32.2. The number of hydrogen-bond donors (Lipinski definition) is 0. The molecular weight excluding hydrogens is 492 g/mol. The highest BCUT2D eigenvalue weighted by Crippen LogP contribution is 2.45. The van der Waals surface area contributed by atoms with Crippen LogP contribution in [-0.4, -0.2) is 84.2 Å². The van der Waals surface area contributed by atoms with Crippen molar-refractivity contribution in [3.05, 3.63) is 57.3 Å². The molecule has 198 valence electrons. The lowest BCUT2D eigenvalue weighted by Gasteiger charge is -2.38. The lowest BCUT2D eigenvalue weighted by molar-refractivity contribution is -0.141. The average molecular weight is 527 g/mol. The van der Waals surface area contributed by atoms with Crippen LogP contribution in [0.1, 0.15) is 43.0 Å². The van der Waals surface area contributed by atoms with Crippen molar-refractivity contribution < 1.29 is 23.9 Å². The summed E-state index contributed by atoms with van der Waals surface area (Å²) in [5.74, 6) is -0.420. The first-order valence-corrected chi connectivity index (χ1v) is 13.3. The van der Waals surface area contributed by atoms with Crippen LogP contribution >= 0.6 is 11.8 Å². The summed E-state index contributed by atoms with van der Waals surface area (Å²) in [5, 5.41) is 2.69. The fourth-order valence-electron chi connectivity index (χ4n) is 4.89. The number of nitrogens with zero attached hydrogens (tertiary/aromatic N) is 4. The molecule has 37 heavy (non-hydrogen) atoms. The Balaban J connectivity index is 1.63. The predicted octanol–water partition coefficient (Wildman–Crippen LogP) is 3.15. The van der Waals surface area contributed by atoms with E-state index in [1.54, 1.807) is 23.8 Å². The summed E-state index contributed by atoms with van der Waals surface area (Å²) < 4.78 is 10.6. The Hall–Kier alpha value is -3.11. The monoisotopic (exact) mass is 526 g/mol. The third kappa shape index (κ3) is 5.75. The first kappa shape index (κ1) is 26.9. The Kier molecular flexibility index (Phi) is 8.39. The van der Waals surface area contributed by atoms with E-state index in [4.69, 9.17) is 14.5 Å². The number of allylic oxidation sites excluding steroid dienone is 1. The molecule has 1 fully saturated rings. The van der Waals surface area contributed by atoms with Crippen molar-refractivity contribution in [2.75, 3.05) is 46.5 Å². The number of benzene rings is 1. The van der Waals surface area contributed by atoms with Crippen molar-refractivity contribution in [1.82, 2.24) is 14.7 Å². The van der Waals surface area contributed by atoms with Gasteiger partial charge in [-0.15, -0.1) is 0 Å². The van der Waals surface area contributed by atoms with Gasteiger partial charge >= 0.3 is 5.97 Å². The van der Waals surface area contributed by atoms with Gasteiger partial charge in [0.1, 0.15) is 6.61 Å². The van der Waals surface area contributed by atoms with E-state index in [0.717, 1.165) is 27.6 Å². The zero-order valence-electron chi connectivity index (χ0n) is 22.1. The van der Waals surface area contributed by atoms with Gasteiger partial charge in [0.25, 0.3) is 0 Å². The molecule has 0 saturated carbocycles.